The summed E-state index contributed by atoms with van der Waals surface area (Å²) in [5.74, 6) is -0.0777. The third-order valence-electron chi connectivity index (χ3n) is 5.43. The quantitative estimate of drug-likeness (QED) is 0.0775. The number of unbranched alkanes of at least 4 members (excludes halogenated alkanes) is 13. The summed E-state index contributed by atoms with van der Waals surface area (Å²) in [5.41, 5.74) is 0. The molecule has 30 heavy (non-hydrogen) atoms. The van der Waals surface area contributed by atoms with Crippen LogP contribution in [0, 0.1) is 0 Å². The van der Waals surface area contributed by atoms with E-state index in [-0.39, 0.29) is 5.97 Å². The molecule has 0 rings (SSSR count). The number of carbonyl (C=O) groups excluding carboxylic acids is 1. The van der Waals surface area contributed by atoms with Crippen LogP contribution in [0.3, 0.4) is 0 Å². The van der Waals surface area contributed by atoms with E-state index < -0.39 is 8.32 Å². The maximum absolute atomic E-state index is 11.1. The summed E-state index contributed by atoms with van der Waals surface area (Å²) >= 11 is 0. The molecule has 4 heteroatoms. The predicted octanol–water partition coefficient (Wildman–Crippen LogP) is 8.59. The fraction of sp³-hybridized carbons (Fsp3) is 0.885. The number of rotatable bonds is 21. The molecule has 0 saturated heterocycles. The minimum absolute atomic E-state index is 0.0777. The smallest absolute Gasteiger partial charge is 0.305 e. The van der Waals surface area contributed by atoms with Crippen molar-refractivity contribution in [3.8, 4) is 0 Å². The molecule has 0 aliphatic rings. The maximum atomic E-state index is 11.1. The first-order chi connectivity index (χ1) is 14.4. The van der Waals surface area contributed by atoms with Gasteiger partial charge in [-0.15, -0.1) is 0 Å². The molecule has 0 radical (unpaired) electrons. The van der Waals surface area contributed by atoms with Gasteiger partial charge in [-0.3, -0.25) is 4.79 Å². The highest BCUT2D eigenvalue weighted by atomic mass is 28.4. The third-order valence-corrected chi connectivity index (χ3v) is 6.44. The first kappa shape index (κ1) is 29.4. The fourth-order valence-electron chi connectivity index (χ4n) is 3.72. The molecule has 1 unspecified atom stereocenters. The molecule has 0 aromatic rings. The monoisotopic (exact) mass is 440 g/mol. The Kier molecular flexibility index (Phi) is 19.9. The summed E-state index contributed by atoms with van der Waals surface area (Å²) in [7, 11) is -0.0346. The highest BCUT2D eigenvalue weighted by molar-refractivity contribution is 6.69. The molecule has 1 atom stereocenters. The van der Waals surface area contributed by atoms with Gasteiger partial charge in [-0.1, -0.05) is 96.1 Å². The average molecular weight is 441 g/mol. The van der Waals surface area contributed by atoms with Crippen LogP contribution in [0.25, 0.3) is 0 Å². The molecule has 0 saturated carbocycles. The van der Waals surface area contributed by atoms with Crippen molar-refractivity contribution in [2.24, 2.45) is 0 Å². The molecule has 0 aromatic carbocycles. The van der Waals surface area contributed by atoms with Gasteiger partial charge >= 0.3 is 5.97 Å². The van der Waals surface area contributed by atoms with E-state index >= 15 is 0 Å². The molecule has 0 spiro atoms. The molecular weight excluding hydrogens is 388 g/mol. The molecule has 0 fully saturated rings. The number of allylic oxidation sites excluding steroid dienone is 1. The summed E-state index contributed by atoms with van der Waals surface area (Å²) in [6.07, 6.45) is 26.0. The van der Waals surface area contributed by atoms with E-state index in [1.165, 1.54) is 90.6 Å². The van der Waals surface area contributed by atoms with Crippen molar-refractivity contribution in [2.45, 2.75) is 142 Å². The number of ether oxygens (including phenoxy) is 1. The lowest BCUT2D eigenvalue weighted by molar-refractivity contribution is -0.140. The number of hydrogen-bond acceptors (Lipinski definition) is 3. The number of hydrogen-bond donors (Lipinski definition) is 0. The van der Waals surface area contributed by atoms with Crippen molar-refractivity contribution < 1.29 is 14.0 Å². The van der Waals surface area contributed by atoms with Gasteiger partial charge < -0.3 is 9.16 Å². The van der Waals surface area contributed by atoms with Gasteiger partial charge in [0.25, 0.3) is 0 Å². The first-order valence-corrected chi connectivity index (χ1v) is 16.2. The van der Waals surface area contributed by atoms with Crippen molar-refractivity contribution in [1.82, 2.24) is 0 Å². The highest BCUT2D eigenvalue weighted by Crippen LogP contribution is 2.17. The summed E-state index contributed by atoms with van der Waals surface area (Å²) in [4.78, 5) is 11.1. The second kappa shape index (κ2) is 20.3. The summed E-state index contributed by atoms with van der Waals surface area (Å²) in [6.45, 7) is 9.16. The van der Waals surface area contributed by atoms with Gasteiger partial charge in [-0.25, -0.2) is 0 Å². The molecule has 178 valence electrons. The molecular formula is C26H52O3Si. The lowest BCUT2D eigenvalue weighted by Crippen LogP contribution is -2.31. The summed E-state index contributed by atoms with van der Waals surface area (Å²) in [6, 6.07) is 0. The minimum Gasteiger partial charge on any atom is -0.469 e. The Morgan fingerprint density at radius 2 is 1.33 bits per heavy atom. The van der Waals surface area contributed by atoms with Gasteiger partial charge in [0.1, 0.15) is 0 Å². The molecule has 3 nitrogen and oxygen atoms in total. The molecule has 0 aliphatic heterocycles. The molecule has 0 amide bonds. The molecule has 0 bridgehead atoms. The zero-order chi connectivity index (χ0) is 22.5. The van der Waals surface area contributed by atoms with E-state index in [2.05, 4.69) is 43.5 Å². The van der Waals surface area contributed by atoms with Crippen molar-refractivity contribution >= 4 is 14.3 Å². The lowest BCUT2D eigenvalue weighted by Gasteiger charge is -2.24. The Hall–Kier alpha value is -0.613. The van der Waals surface area contributed by atoms with Crippen LogP contribution in [0.4, 0.5) is 0 Å². The number of esters is 1. The van der Waals surface area contributed by atoms with E-state index in [9.17, 15) is 4.79 Å². The van der Waals surface area contributed by atoms with Crippen molar-refractivity contribution in [3.63, 3.8) is 0 Å². The molecule has 0 N–H and O–H groups in total. The van der Waals surface area contributed by atoms with Crippen molar-refractivity contribution in [3.05, 3.63) is 12.2 Å². The standard InChI is InChI=1S/C26H52O3Si/c1-6-7-8-9-10-13-16-19-22-25(29-30(3,4)5)23-20-17-14-11-12-15-18-21-24-26(27)28-2/h19,22,25H,6-18,20-21,23-24H2,1-5H3/b22-19+. The van der Waals surface area contributed by atoms with Gasteiger partial charge in [0.2, 0.25) is 0 Å². The van der Waals surface area contributed by atoms with Crippen LogP contribution in [-0.4, -0.2) is 27.5 Å². The Morgan fingerprint density at radius 1 is 0.800 bits per heavy atom. The molecule has 0 aromatic heterocycles. The van der Waals surface area contributed by atoms with Crippen LogP contribution in [0.1, 0.15) is 116 Å². The van der Waals surface area contributed by atoms with Gasteiger partial charge in [0, 0.05) is 6.42 Å². The van der Waals surface area contributed by atoms with Gasteiger partial charge in [-0.05, 0) is 45.3 Å². The fourth-order valence-corrected chi connectivity index (χ4v) is 4.82. The third kappa shape index (κ3) is 22.1. The van der Waals surface area contributed by atoms with Crippen LogP contribution in [0.5, 0.6) is 0 Å². The van der Waals surface area contributed by atoms with E-state index in [1.807, 2.05) is 0 Å². The average Bonchev–Trinajstić information content (AvgIpc) is 2.69. The zero-order valence-corrected chi connectivity index (χ0v) is 22.0. The Bertz CT molecular complexity index is 415. The second-order valence-electron chi connectivity index (χ2n) is 9.70. The van der Waals surface area contributed by atoms with Gasteiger partial charge in [-0.2, -0.15) is 0 Å². The highest BCUT2D eigenvalue weighted by Gasteiger charge is 2.19. The predicted molar refractivity (Wildman–Crippen MR) is 134 cm³/mol. The van der Waals surface area contributed by atoms with Crippen LogP contribution in [0.2, 0.25) is 19.6 Å². The van der Waals surface area contributed by atoms with Crippen LogP contribution >= 0.6 is 0 Å². The van der Waals surface area contributed by atoms with E-state index in [0.717, 1.165) is 19.3 Å². The number of methoxy groups -OCH3 is 1. The van der Waals surface area contributed by atoms with Crippen LogP contribution in [0.15, 0.2) is 12.2 Å². The second-order valence-corrected chi connectivity index (χ2v) is 14.2. The van der Waals surface area contributed by atoms with E-state index in [4.69, 9.17) is 4.43 Å². The van der Waals surface area contributed by atoms with Crippen LogP contribution < -0.4 is 0 Å². The van der Waals surface area contributed by atoms with E-state index in [1.54, 1.807) is 0 Å². The minimum atomic E-state index is -1.50. The van der Waals surface area contributed by atoms with Crippen molar-refractivity contribution in [1.29, 1.82) is 0 Å². The Morgan fingerprint density at radius 3 is 1.90 bits per heavy atom. The normalized spacial score (nSPS) is 13.1. The summed E-state index contributed by atoms with van der Waals surface area (Å²) in [5, 5.41) is 0. The SMILES string of the molecule is CCCCCCCC/C=C/C(CCCCCCCCCCC(=O)OC)O[Si](C)(C)C. The Balaban J connectivity index is 3.82. The first-order valence-electron chi connectivity index (χ1n) is 12.8. The van der Waals surface area contributed by atoms with Gasteiger partial charge in [0.05, 0.1) is 13.2 Å². The van der Waals surface area contributed by atoms with E-state index in [0.29, 0.717) is 12.5 Å². The Labute approximate surface area is 189 Å². The largest absolute Gasteiger partial charge is 0.469 e. The maximum Gasteiger partial charge on any atom is 0.305 e. The van der Waals surface area contributed by atoms with Crippen LogP contribution in [-0.2, 0) is 14.0 Å². The topological polar surface area (TPSA) is 35.5 Å². The lowest BCUT2D eigenvalue weighted by atomic mass is 10.0. The van der Waals surface area contributed by atoms with Gasteiger partial charge in [0.15, 0.2) is 8.32 Å². The number of carbonyl (C=O) groups is 1. The van der Waals surface area contributed by atoms with Crippen molar-refractivity contribution in [2.75, 3.05) is 7.11 Å². The molecule has 0 aliphatic carbocycles. The zero-order valence-electron chi connectivity index (χ0n) is 21.0. The molecule has 0 heterocycles. The summed E-state index contributed by atoms with van der Waals surface area (Å²) < 4.78 is 11.1.